The van der Waals surface area contributed by atoms with Gasteiger partial charge in [-0.15, -0.1) is 0 Å². The maximum Gasteiger partial charge on any atom is 0.271 e. The normalized spacial score (nSPS) is 10.9. The molecule has 6 nitrogen and oxygen atoms in total. The van der Waals surface area contributed by atoms with Crippen LogP contribution < -0.4 is 5.56 Å². The summed E-state index contributed by atoms with van der Waals surface area (Å²) in [4.78, 5) is 18.4. The van der Waals surface area contributed by atoms with Gasteiger partial charge in [0.1, 0.15) is 5.69 Å². The van der Waals surface area contributed by atoms with Crippen LogP contribution in [0.4, 0.5) is 0 Å². The van der Waals surface area contributed by atoms with Crippen molar-refractivity contribution in [2.75, 3.05) is 0 Å². The van der Waals surface area contributed by atoms with Crippen LogP contribution in [0.2, 0.25) is 5.02 Å². The largest absolute Gasteiger partial charge is 0.299 e. The summed E-state index contributed by atoms with van der Waals surface area (Å²) in [7, 11) is 0. The van der Waals surface area contributed by atoms with Crippen molar-refractivity contribution in [3.05, 3.63) is 50.9 Å². The quantitative estimate of drug-likeness (QED) is 0.757. The Hall–Kier alpha value is -2.21. The van der Waals surface area contributed by atoms with Gasteiger partial charge in [-0.2, -0.15) is 0 Å². The highest BCUT2D eigenvalue weighted by atomic mass is 35.5. The number of H-pyrrole nitrogens is 1. The van der Waals surface area contributed by atoms with Crippen LogP contribution in [0, 0.1) is 0 Å². The molecule has 2 heterocycles. The number of rotatable bonds is 2. The van der Waals surface area contributed by atoms with E-state index in [4.69, 9.17) is 11.6 Å². The number of aromatic nitrogens is 4. The van der Waals surface area contributed by atoms with Crippen LogP contribution in [0.15, 0.2) is 33.7 Å². The molecule has 0 saturated heterocycles. The third-order valence-corrected chi connectivity index (χ3v) is 2.74. The molecule has 90 valence electrons. The molecule has 0 bridgehead atoms. The van der Waals surface area contributed by atoms with Gasteiger partial charge in [-0.05, 0) is 28.0 Å². The standard InChI is InChI=1S/C11H7ClN4O2/c12-7-3-1-6(2-4-7)5-8-11(17)14-10-9(13-8)15-18-16-10/h1-4H,5H2,(H,14,16,17). The number of hydrogen-bond acceptors (Lipinski definition) is 5. The van der Waals surface area contributed by atoms with Gasteiger partial charge in [0.05, 0.1) is 0 Å². The Kier molecular flexibility index (Phi) is 2.56. The van der Waals surface area contributed by atoms with Gasteiger partial charge in [0.25, 0.3) is 5.56 Å². The molecule has 0 fully saturated rings. The number of fused-ring (bicyclic) bond motifs is 1. The molecule has 1 N–H and O–H groups in total. The van der Waals surface area contributed by atoms with Gasteiger partial charge in [-0.1, -0.05) is 23.7 Å². The average molecular weight is 263 g/mol. The summed E-state index contributed by atoms with van der Waals surface area (Å²) in [6, 6.07) is 7.21. The smallest absolute Gasteiger partial charge is 0.271 e. The van der Waals surface area contributed by atoms with Gasteiger partial charge < -0.3 is 0 Å². The Morgan fingerprint density at radius 1 is 1.22 bits per heavy atom. The van der Waals surface area contributed by atoms with Crippen LogP contribution in [0.25, 0.3) is 11.3 Å². The first-order valence-corrected chi connectivity index (χ1v) is 5.56. The van der Waals surface area contributed by atoms with E-state index < -0.39 is 0 Å². The summed E-state index contributed by atoms with van der Waals surface area (Å²) < 4.78 is 4.49. The fourth-order valence-electron chi connectivity index (χ4n) is 1.61. The third kappa shape index (κ3) is 1.98. The highest BCUT2D eigenvalue weighted by Crippen LogP contribution is 2.11. The van der Waals surface area contributed by atoms with Crippen molar-refractivity contribution in [1.29, 1.82) is 0 Å². The lowest BCUT2D eigenvalue weighted by molar-refractivity contribution is 0.314. The minimum atomic E-state index is -0.298. The summed E-state index contributed by atoms with van der Waals surface area (Å²) in [5.74, 6) is 0. The lowest BCUT2D eigenvalue weighted by Crippen LogP contribution is -2.15. The summed E-state index contributed by atoms with van der Waals surface area (Å²) in [6.07, 6.45) is 0.398. The monoisotopic (exact) mass is 262 g/mol. The summed E-state index contributed by atoms with van der Waals surface area (Å²) in [5.41, 5.74) is 1.54. The molecule has 0 saturated carbocycles. The number of halogens is 1. The molecule has 18 heavy (non-hydrogen) atoms. The molecule has 0 aliphatic rings. The molecule has 0 aliphatic carbocycles. The Balaban J connectivity index is 2.01. The number of nitrogens with one attached hydrogen (secondary N) is 1. The SMILES string of the molecule is O=c1[nH]c2nonc2nc1Cc1ccc(Cl)cc1. The van der Waals surface area contributed by atoms with E-state index in [2.05, 4.69) is 24.9 Å². The molecule has 0 unspecified atom stereocenters. The van der Waals surface area contributed by atoms with Crippen LogP contribution in [0.1, 0.15) is 11.3 Å². The zero-order valence-electron chi connectivity index (χ0n) is 9.05. The van der Waals surface area contributed by atoms with Crippen LogP contribution in [0.3, 0.4) is 0 Å². The van der Waals surface area contributed by atoms with E-state index >= 15 is 0 Å². The van der Waals surface area contributed by atoms with Crippen molar-refractivity contribution in [3.8, 4) is 0 Å². The van der Waals surface area contributed by atoms with E-state index in [0.717, 1.165) is 5.56 Å². The van der Waals surface area contributed by atoms with Crippen LogP contribution in [0.5, 0.6) is 0 Å². The second kappa shape index (κ2) is 4.23. The zero-order chi connectivity index (χ0) is 12.5. The predicted molar refractivity (Wildman–Crippen MR) is 64.5 cm³/mol. The van der Waals surface area contributed by atoms with Gasteiger partial charge >= 0.3 is 0 Å². The van der Waals surface area contributed by atoms with E-state index in [1.807, 2.05) is 12.1 Å². The van der Waals surface area contributed by atoms with E-state index in [1.54, 1.807) is 12.1 Å². The highest BCUT2D eigenvalue weighted by Gasteiger charge is 2.09. The lowest BCUT2D eigenvalue weighted by atomic mass is 10.1. The van der Waals surface area contributed by atoms with E-state index in [0.29, 0.717) is 22.8 Å². The van der Waals surface area contributed by atoms with Crippen LogP contribution in [-0.4, -0.2) is 20.3 Å². The average Bonchev–Trinajstić information content (AvgIpc) is 2.79. The Bertz CT molecular complexity index is 748. The molecule has 0 amide bonds. The van der Waals surface area contributed by atoms with Gasteiger partial charge in [-0.3, -0.25) is 9.78 Å². The molecule has 0 radical (unpaired) electrons. The first-order valence-electron chi connectivity index (χ1n) is 5.18. The summed E-state index contributed by atoms with van der Waals surface area (Å²) in [6.45, 7) is 0. The molecule has 2 aromatic heterocycles. The topological polar surface area (TPSA) is 84.7 Å². The van der Waals surface area contributed by atoms with Crippen molar-refractivity contribution < 1.29 is 4.63 Å². The summed E-state index contributed by atoms with van der Waals surface area (Å²) in [5, 5.41) is 7.76. The Morgan fingerprint density at radius 2 is 2.00 bits per heavy atom. The van der Waals surface area contributed by atoms with Gasteiger partial charge in [0.2, 0.25) is 11.3 Å². The molecule has 7 heteroatoms. The maximum absolute atomic E-state index is 11.7. The first kappa shape index (κ1) is 10.9. The number of aromatic amines is 1. The molecule has 1 aromatic carbocycles. The van der Waals surface area contributed by atoms with Crippen molar-refractivity contribution in [2.45, 2.75) is 6.42 Å². The number of nitrogens with zero attached hydrogens (tertiary/aromatic N) is 3. The molecule has 3 rings (SSSR count). The zero-order valence-corrected chi connectivity index (χ0v) is 9.81. The van der Waals surface area contributed by atoms with Gasteiger partial charge in [0, 0.05) is 11.4 Å². The second-order valence-corrected chi connectivity index (χ2v) is 4.19. The molecule has 0 atom stereocenters. The second-order valence-electron chi connectivity index (χ2n) is 3.75. The van der Waals surface area contributed by atoms with E-state index in [1.165, 1.54) is 0 Å². The van der Waals surface area contributed by atoms with E-state index in [9.17, 15) is 4.79 Å². The molecule has 0 aliphatic heterocycles. The molecular weight excluding hydrogens is 256 g/mol. The minimum absolute atomic E-state index is 0.250. The summed E-state index contributed by atoms with van der Waals surface area (Å²) >= 11 is 5.80. The molecular formula is C11H7ClN4O2. The van der Waals surface area contributed by atoms with Crippen molar-refractivity contribution in [1.82, 2.24) is 20.3 Å². The molecule has 3 aromatic rings. The van der Waals surface area contributed by atoms with Crippen LogP contribution >= 0.6 is 11.6 Å². The lowest BCUT2D eigenvalue weighted by Gasteiger charge is -1.99. The van der Waals surface area contributed by atoms with Gasteiger partial charge in [0.15, 0.2) is 0 Å². The fourth-order valence-corrected chi connectivity index (χ4v) is 1.74. The number of hydrogen-bond donors (Lipinski definition) is 1. The van der Waals surface area contributed by atoms with Crippen molar-refractivity contribution >= 4 is 22.9 Å². The predicted octanol–water partition coefficient (Wildman–Crippen LogP) is 1.55. The van der Waals surface area contributed by atoms with E-state index in [-0.39, 0.29) is 11.2 Å². The van der Waals surface area contributed by atoms with Gasteiger partial charge in [-0.25, -0.2) is 9.61 Å². The van der Waals surface area contributed by atoms with Crippen molar-refractivity contribution in [3.63, 3.8) is 0 Å². The van der Waals surface area contributed by atoms with Crippen molar-refractivity contribution in [2.24, 2.45) is 0 Å². The molecule has 0 spiro atoms. The van der Waals surface area contributed by atoms with Crippen LogP contribution in [-0.2, 0) is 6.42 Å². The Morgan fingerprint density at radius 3 is 2.78 bits per heavy atom. The maximum atomic E-state index is 11.7. The highest BCUT2D eigenvalue weighted by molar-refractivity contribution is 6.30. The Labute approximate surface area is 106 Å². The first-order chi connectivity index (χ1) is 8.72. The minimum Gasteiger partial charge on any atom is -0.299 e. The number of benzene rings is 1. The third-order valence-electron chi connectivity index (χ3n) is 2.49. The fraction of sp³-hybridized carbons (Fsp3) is 0.0909.